The van der Waals surface area contributed by atoms with Gasteiger partial charge in [-0.15, -0.1) is 0 Å². The monoisotopic (exact) mass is 245 g/mol. The Morgan fingerprint density at radius 3 is 2.56 bits per heavy atom. The highest BCUT2D eigenvalue weighted by molar-refractivity contribution is 5.90. The van der Waals surface area contributed by atoms with Crippen LogP contribution >= 0.6 is 0 Å². The van der Waals surface area contributed by atoms with Gasteiger partial charge in [0.2, 0.25) is 0 Å². The third-order valence-corrected chi connectivity index (χ3v) is 2.48. The lowest BCUT2D eigenvalue weighted by molar-refractivity contribution is 0.0521. The van der Waals surface area contributed by atoms with E-state index in [2.05, 4.69) is 4.98 Å². The maximum absolute atomic E-state index is 13.8. The molecule has 0 amide bonds. The van der Waals surface area contributed by atoms with E-state index in [1.54, 1.807) is 37.5 Å². The van der Waals surface area contributed by atoms with Gasteiger partial charge in [-0.1, -0.05) is 6.07 Å². The minimum atomic E-state index is -0.642. The molecule has 0 atom stereocenters. The van der Waals surface area contributed by atoms with Crippen LogP contribution in [0.3, 0.4) is 0 Å². The van der Waals surface area contributed by atoms with Gasteiger partial charge in [0, 0.05) is 12.4 Å². The maximum atomic E-state index is 13.8. The van der Waals surface area contributed by atoms with Crippen molar-refractivity contribution in [2.45, 2.75) is 6.92 Å². The number of rotatable bonds is 3. The van der Waals surface area contributed by atoms with Gasteiger partial charge in [-0.2, -0.15) is 0 Å². The summed E-state index contributed by atoms with van der Waals surface area (Å²) in [6.45, 7) is 1.91. The van der Waals surface area contributed by atoms with Gasteiger partial charge in [0.1, 0.15) is 5.82 Å². The number of pyridine rings is 1. The molecule has 0 aliphatic heterocycles. The number of esters is 1. The van der Waals surface area contributed by atoms with E-state index in [1.807, 2.05) is 0 Å². The lowest BCUT2D eigenvalue weighted by Gasteiger charge is -2.05. The molecule has 0 unspecified atom stereocenters. The molecule has 1 aromatic carbocycles. The summed E-state index contributed by atoms with van der Waals surface area (Å²) in [6.07, 6.45) is 3.26. The molecule has 0 aliphatic carbocycles. The number of ether oxygens (including phenoxy) is 1. The van der Waals surface area contributed by atoms with Crippen LogP contribution in [0.2, 0.25) is 0 Å². The fourth-order valence-corrected chi connectivity index (χ4v) is 1.61. The highest BCUT2D eigenvalue weighted by Crippen LogP contribution is 2.21. The minimum absolute atomic E-state index is 0.0466. The first-order valence-corrected chi connectivity index (χ1v) is 5.59. The summed E-state index contributed by atoms with van der Waals surface area (Å²) < 4.78 is 18.6. The van der Waals surface area contributed by atoms with Gasteiger partial charge in [-0.05, 0) is 42.3 Å². The predicted octanol–water partition coefficient (Wildman–Crippen LogP) is 3.06. The van der Waals surface area contributed by atoms with Gasteiger partial charge in [-0.25, -0.2) is 9.18 Å². The molecule has 0 radical (unpaired) electrons. The van der Waals surface area contributed by atoms with Crippen LogP contribution in [0.5, 0.6) is 0 Å². The van der Waals surface area contributed by atoms with Crippen LogP contribution < -0.4 is 0 Å². The molecule has 3 nitrogen and oxygen atoms in total. The van der Waals surface area contributed by atoms with Crippen molar-refractivity contribution >= 4 is 5.97 Å². The zero-order valence-electron chi connectivity index (χ0n) is 9.89. The molecule has 0 N–H and O–H groups in total. The van der Waals surface area contributed by atoms with E-state index < -0.39 is 11.8 Å². The van der Waals surface area contributed by atoms with E-state index >= 15 is 0 Å². The molecule has 1 heterocycles. The van der Waals surface area contributed by atoms with Crippen molar-refractivity contribution in [2.24, 2.45) is 0 Å². The van der Waals surface area contributed by atoms with E-state index in [9.17, 15) is 9.18 Å². The number of carbonyl (C=O) groups excluding carboxylic acids is 1. The molecule has 0 saturated carbocycles. The quantitative estimate of drug-likeness (QED) is 0.780. The first-order chi connectivity index (χ1) is 8.72. The van der Waals surface area contributed by atoms with Crippen molar-refractivity contribution in [2.75, 3.05) is 6.61 Å². The van der Waals surface area contributed by atoms with Crippen molar-refractivity contribution in [3.05, 3.63) is 54.1 Å². The Hall–Kier alpha value is -2.23. The van der Waals surface area contributed by atoms with E-state index in [0.717, 1.165) is 5.56 Å². The zero-order chi connectivity index (χ0) is 13.0. The van der Waals surface area contributed by atoms with Gasteiger partial charge in [0.15, 0.2) is 0 Å². The molecule has 2 rings (SSSR count). The molecule has 18 heavy (non-hydrogen) atoms. The molecular formula is C14H12FNO2. The van der Waals surface area contributed by atoms with Crippen LogP contribution in [0.25, 0.3) is 11.1 Å². The van der Waals surface area contributed by atoms with E-state index in [-0.39, 0.29) is 12.2 Å². The third kappa shape index (κ3) is 2.53. The predicted molar refractivity (Wildman–Crippen MR) is 65.6 cm³/mol. The van der Waals surface area contributed by atoms with E-state index in [4.69, 9.17) is 4.74 Å². The molecule has 1 aromatic heterocycles. The minimum Gasteiger partial charge on any atom is -0.462 e. The van der Waals surface area contributed by atoms with Crippen molar-refractivity contribution < 1.29 is 13.9 Å². The van der Waals surface area contributed by atoms with Crippen molar-refractivity contribution in [3.63, 3.8) is 0 Å². The average Bonchev–Trinajstić information content (AvgIpc) is 2.40. The number of nitrogens with zero attached hydrogens (tertiary/aromatic N) is 1. The molecule has 2 aromatic rings. The van der Waals surface area contributed by atoms with Crippen LogP contribution in [0.4, 0.5) is 4.39 Å². The Kier molecular flexibility index (Phi) is 3.67. The second kappa shape index (κ2) is 5.40. The fourth-order valence-electron chi connectivity index (χ4n) is 1.61. The highest BCUT2D eigenvalue weighted by atomic mass is 19.1. The summed E-state index contributed by atoms with van der Waals surface area (Å²) in [7, 11) is 0. The number of carbonyl (C=O) groups is 1. The number of hydrogen-bond acceptors (Lipinski definition) is 3. The Bertz CT molecular complexity index is 555. The van der Waals surface area contributed by atoms with Gasteiger partial charge < -0.3 is 4.74 Å². The number of hydrogen-bond donors (Lipinski definition) is 0. The third-order valence-electron chi connectivity index (χ3n) is 2.48. The fraction of sp³-hybridized carbons (Fsp3) is 0.143. The lowest BCUT2D eigenvalue weighted by atomic mass is 10.0. The summed E-state index contributed by atoms with van der Waals surface area (Å²) in [5.74, 6) is -1.22. The molecule has 0 fully saturated rings. The maximum Gasteiger partial charge on any atom is 0.341 e. The Labute approximate surface area is 104 Å². The molecule has 0 spiro atoms. The Balaban J connectivity index is 2.34. The summed E-state index contributed by atoms with van der Waals surface area (Å²) >= 11 is 0. The smallest absolute Gasteiger partial charge is 0.341 e. The van der Waals surface area contributed by atoms with Crippen LogP contribution in [0, 0.1) is 5.82 Å². The first kappa shape index (κ1) is 12.2. The largest absolute Gasteiger partial charge is 0.462 e. The van der Waals surface area contributed by atoms with Gasteiger partial charge in [0.05, 0.1) is 12.2 Å². The van der Waals surface area contributed by atoms with E-state index in [0.29, 0.717) is 5.56 Å². The van der Waals surface area contributed by atoms with E-state index in [1.165, 1.54) is 12.1 Å². The molecule has 0 bridgehead atoms. The van der Waals surface area contributed by atoms with Crippen molar-refractivity contribution in [1.82, 2.24) is 4.98 Å². The van der Waals surface area contributed by atoms with Gasteiger partial charge >= 0.3 is 5.97 Å². The molecule has 4 heteroatoms. The van der Waals surface area contributed by atoms with Gasteiger partial charge in [-0.3, -0.25) is 4.98 Å². The lowest BCUT2D eigenvalue weighted by Crippen LogP contribution is -2.07. The Morgan fingerprint density at radius 1 is 1.22 bits per heavy atom. The number of benzene rings is 1. The molecule has 0 saturated heterocycles. The SMILES string of the molecule is CCOC(=O)c1ccc(-c2ccncc2)cc1F. The number of halogens is 1. The molecule has 92 valence electrons. The highest BCUT2D eigenvalue weighted by Gasteiger charge is 2.13. The first-order valence-electron chi connectivity index (χ1n) is 5.59. The topological polar surface area (TPSA) is 39.2 Å². The molecular weight excluding hydrogens is 233 g/mol. The van der Waals surface area contributed by atoms with Crippen LogP contribution in [0.1, 0.15) is 17.3 Å². The molecule has 0 aliphatic rings. The van der Waals surface area contributed by atoms with Crippen LogP contribution in [0.15, 0.2) is 42.7 Å². The summed E-state index contributed by atoms with van der Waals surface area (Å²) in [4.78, 5) is 15.3. The van der Waals surface area contributed by atoms with Crippen LogP contribution in [-0.4, -0.2) is 17.6 Å². The number of aromatic nitrogens is 1. The zero-order valence-corrected chi connectivity index (χ0v) is 9.89. The second-order valence-corrected chi connectivity index (χ2v) is 3.65. The summed E-state index contributed by atoms with van der Waals surface area (Å²) in [6, 6.07) is 7.99. The summed E-state index contributed by atoms with van der Waals surface area (Å²) in [5.41, 5.74) is 1.50. The van der Waals surface area contributed by atoms with Gasteiger partial charge in [0.25, 0.3) is 0 Å². The standard InChI is InChI=1S/C14H12FNO2/c1-2-18-14(17)12-4-3-11(9-13(12)15)10-5-7-16-8-6-10/h3-9H,2H2,1H3. The van der Waals surface area contributed by atoms with Crippen LogP contribution in [-0.2, 0) is 4.74 Å². The van der Waals surface area contributed by atoms with Crippen molar-refractivity contribution in [1.29, 1.82) is 0 Å². The normalized spacial score (nSPS) is 10.1. The average molecular weight is 245 g/mol. The second-order valence-electron chi connectivity index (χ2n) is 3.65. The summed E-state index contributed by atoms with van der Waals surface area (Å²) in [5, 5.41) is 0. The Morgan fingerprint density at radius 2 is 1.94 bits per heavy atom. The van der Waals surface area contributed by atoms with Crippen molar-refractivity contribution in [3.8, 4) is 11.1 Å².